The van der Waals surface area contributed by atoms with E-state index in [4.69, 9.17) is 12.0 Å². The van der Waals surface area contributed by atoms with Gasteiger partial charge >= 0.3 is 168 Å². The number of hydrogen-bond donors (Lipinski definition) is 0. The van der Waals surface area contributed by atoms with E-state index in [1.165, 1.54) is 0 Å². The third kappa shape index (κ3) is 7.86. The normalized spacial score (nSPS) is 12.4. The molecule has 2 rings (SSSR count). The summed E-state index contributed by atoms with van der Waals surface area (Å²) in [6.07, 6.45) is 1.04. The van der Waals surface area contributed by atoms with E-state index in [2.05, 4.69) is 0 Å². The number of ether oxygens (including phenoxy) is 2. The maximum absolute atomic E-state index is 11.8. The predicted molar refractivity (Wildman–Crippen MR) is 112 cm³/mol. The van der Waals surface area contributed by atoms with E-state index < -0.39 is 41.9 Å². The topological polar surface area (TPSA) is 78.9 Å². The number of halogens is 1. The van der Waals surface area contributed by atoms with Crippen molar-refractivity contribution >= 4 is 36.3 Å². The summed E-state index contributed by atoms with van der Waals surface area (Å²) in [7, 11) is -3.62. The average molecular weight is 506 g/mol. The number of carbonyl (C=O) groups is 1. The van der Waals surface area contributed by atoms with Crippen molar-refractivity contribution < 1.29 is 25.2 Å². The van der Waals surface area contributed by atoms with Crippen molar-refractivity contribution in [2.75, 3.05) is 12.9 Å². The predicted octanol–water partition coefficient (Wildman–Crippen LogP) is 3.84. The number of esters is 1. The summed E-state index contributed by atoms with van der Waals surface area (Å²) in [6.45, 7) is 5.12. The second-order valence-electron chi connectivity index (χ2n) is 6.64. The van der Waals surface area contributed by atoms with Crippen LogP contribution in [0.15, 0.2) is 54.6 Å². The van der Waals surface area contributed by atoms with Crippen LogP contribution in [-0.4, -0.2) is 32.9 Å². The van der Waals surface area contributed by atoms with Crippen LogP contribution in [0.1, 0.15) is 20.8 Å². The van der Waals surface area contributed by atoms with Gasteiger partial charge in [-0.1, -0.05) is 0 Å². The van der Waals surface area contributed by atoms with Crippen molar-refractivity contribution in [2.45, 2.75) is 26.4 Å². The second kappa shape index (κ2) is 9.03. The average Bonchev–Trinajstić information content (AvgIpc) is 2.57. The van der Waals surface area contributed by atoms with E-state index in [1.54, 1.807) is 39.0 Å². The molecule has 0 amide bonds. The van der Waals surface area contributed by atoms with E-state index >= 15 is 0 Å². The molecule has 0 bridgehead atoms. The Labute approximate surface area is 167 Å². The van der Waals surface area contributed by atoms with Crippen LogP contribution < -0.4 is 4.74 Å². The van der Waals surface area contributed by atoms with Gasteiger partial charge in [0.05, 0.1) is 0 Å². The Balaban J connectivity index is 2.20. The van der Waals surface area contributed by atoms with Gasteiger partial charge in [0.15, 0.2) is 0 Å². The van der Waals surface area contributed by atoms with Crippen LogP contribution in [0.3, 0.4) is 0 Å². The zero-order chi connectivity index (χ0) is 20.1. The third-order valence-corrected chi connectivity index (χ3v) is 9.93. The molecule has 2 aromatic carbocycles. The molecule has 0 aliphatic carbocycles. The first kappa shape index (κ1) is 21.6. The van der Waals surface area contributed by atoms with E-state index in [-0.39, 0.29) is 6.61 Å². The molecule has 8 heteroatoms. The molecule has 0 spiro atoms. The Kier molecular flexibility index (Phi) is 7.24. The molecule has 0 saturated heterocycles. The number of rotatable bonds is 7. The Morgan fingerprint density at radius 2 is 1.63 bits per heavy atom. The summed E-state index contributed by atoms with van der Waals surface area (Å²) in [6, 6.07) is 16.2. The van der Waals surface area contributed by atoms with Gasteiger partial charge in [-0.3, -0.25) is 0 Å². The summed E-state index contributed by atoms with van der Waals surface area (Å²) in [5.74, 6) is -0.0209. The van der Waals surface area contributed by atoms with Crippen molar-refractivity contribution in [3.05, 3.63) is 61.7 Å². The second-order valence-corrected chi connectivity index (χ2v) is 13.2. The quantitative estimate of drug-likeness (QED) is 0.420. The van der Waals surface area contributed by atoms with Gasteiger partial charge in [-0.25, -0.2) is 0 Å². The van der Waals surface area contributed by atoms with Crippen LogP contribution in [0.2, 0.25) is 0 Å². The monoisotopic (exact) mass is 506 g/mol. The Bertz CT molecular complexity index is 875. The molecule has 0 aliphatic rings. The van der Waals surface area contributed by atoms with Crippen molar-refractivity contribution in [2.24, 2.45) is 0 Å². The van der Waals surface area contributed by atoms with Crippen LogP contribution in [0.5, 0.6) is 5.75 Å². The summed E-state index contributed by atoms with van der Waals surface area (Å²) < 4.78 is 41.3. The van der Waals surface area contributed by atoms with Gasteiger partial charge in [0.25, 0.3) is 0 Å². The maximum atomic E-state index is 11.8. The Morgan fingerprint density at radius 3 is 2.22 bits per heavy atom. The van der Waals surface area contributed by atoms with E-state index in [0.29, 0.717) is 5.75 Å². The Hall–Kier alpha value is -1.65. The van der Waals surface area contributed by atoms with Crippen LogP contribution in [-0.2, 0) is 22.2 Å². The number of carbonyl (C=O) groups excluding carboxylic acids is 1. The summed E-state index contributed by atoms with van der Waals surface area (Å²) in [5, 5.41) is 0. The van der Waals surface area contributed by atoms with Gasteiger partial charge in [0.1, 0.15) is 0 Å². The Morgan fingerprint density at radius 1 is 1.00 bits per heavy atom. The fourth-order valence-corrected chi connectivity index (χ4v) is 8.51. The standard InChI is InChI=1S/C19H23IO6S/c1-19(2,3)25-18(21)14-24-17-12-8-11-16(13-17)20(26-27(4,22)23)15-9-6-5-7-10-15/h5-13H,14H2,1-4H3. The van der Waals surface area contributed by atoms with Crippen molar-refractivity contribution in [1.29, 1.82) is 0 Å². The van der Waals surface area contributed by atoms with E-state index in [0.717, 1.165) is 13.4 Å². The first-order valence-corrected chi connectivity index (χ1v) is 13.0. The van der Waals surface area contributed by atoms with Gasteiger partial charge in [-0.15, -0.1) is 0 Å². The molecule has 0 saturated carbocycles. The summed E-state index contributed by atoms with van der Waals surface area (Å²) >= 11 is -2.68. The summed E-state index contributed by atoms with van der Waals surface area (Å²) in [4.78, 5) is 11.8. The molecule has 6 nitrogen and oxygen atoms in total. The van der Waals surface area contributed by atoms with E-state index in [1.807, 2.05) is 36.4 Å². The van der Waals surface area contributed by atoms with Crippen LogP contribution in [0.4, 0.5) is 0 Å². The fraction of sp³-hybridized carbons (Fsp3) is 0.316. The first-order chi connectivity index (χ1) is 12.5. The van der Waals surface area contributed by atoms with Gasteiger partial charge < -0.3 is 0 Å². The number of benzene rings is 2. The van der Waals surface area contributed by atoms with Gasteiger partial charge in [0.2, 0.25) is 0 Å². The number of hydrogen-bond acceptors (Lipinski definition) is 6. The minimum absolute atomic E-state index is 0.229. The van der Waals surface area contributed by atoms with Gasteiger partial charge in [-0.05, 0) is 0 Å². The van der Waals surface area contributed by atoms with Crippen LogP contribution in [0.25, 0.3) is 0 Å². The SMILES string of the molecule is CC(C)(C)OC(=O)COc1cccc(I(OS(C)(=O)=O)c2ccccc2)c1. The molecule has 2 aromatic rings. The molecule has 0 aliphatic heterocycles. The van der Waals surface area contributed by atoms with Gasteiger partial charge in [-0.2, -0.15) is 0 Å². The minimum atomic E-state index is -3.62. The summed E-state index contributed by atoms with van der Waals surface area (Å²) in [5.41, 5.74) is -0.585. The van der Waals surface area contributed by atoms with E-state index in [9.17, 15) is 13.2 Å². The molecule has 0 fully saturated rings. The molecule has 0 N–H and O–H groups in total. The van der Waals surface area contributed by atoms with Crippen LogP contribution >= 0.6 is 20.2 Å². The zero-order valence-corrected chi connectivity index (χ0v) is 18.6. The first-order valence-electron chi connectivity index (χ1n) is 8.13. The van der Waals surface area contributed by atoms with Crippen molar-refractivity contribution in [3.63, 3.8) is 0 Å². The molecular weight excluding hydrogens is 483 g/mol. The molecule has 148 valence electrons. The molecular formula is C19H23IO6S. The molecule has 0 heterocycles. The van der Waals surface area contributed by atoms with Crippen molar-refractivity contribution in [1.82, 2.24) is 0 Å². The fourth-order valence-electron chi connectivity index (χ4n) is 2.02. The molecule has 0 atom stereocenters. The molecule has 0 radical (unpaired) electrons. The molecule has 0 unspecified atom stereocenters. The van der Waals surface area contributed by atoms with Crippen molar-refractivity contribution in [3.8, 4) is 5.75 Å². The van der Waals surface area contributed by atoms with Gasteiger partial charge in [0, 0.05) is 0 Å². The zero-order valence-electron chi connectivity index (χ0n) is 15.6. The molecule has 0 aromatic heterocycles. The molecule has 27 heavy (non-hydrogen) atoms. The third-order valence-electron chi connectivity index (χ3n) is 2.88. The van der Waals surface area contributed by atoms with Crippen LogP contribution in [0, 0.1) is 7.14 Å².